The molecule has 0 radical (unpaired) electrons. The van der Waals surface area contributed by atoms with Crippen molar-refractivity contribution in [1.82, 2.24) is 24.5 Å². The molecular formula is C57H36N6. The first-order chi connectivity index (χ1) is 31.2. The number of benzene rings is 8. The van der Waals surface area contributed by atoms with Crippen LogP contribution in [0.5, 0.6) is 0 Å². The molecule has 6 nitrogen and oxygen atoms in total. The molecule has 0 amide bonds. The summed E-state index contributed by atoms with van der Waals surface area (Å²) in [4.78, 5) is 21.2. The Balaban J connectivity index is 1.21. The molecule has 3 heterocycles. The first-order valence-corrected chi connectivity index (χ1v) is 20.9. The van der Waals surface area contributed by atoms with E-state index in [4.69, 9.17) is 19.9 Å². The van der Waals surface area contributed by atoms with Crippen LogP contribution in [0.1, 0.15) is 5.56 Å². The van der Waals surface area contributed by atoms with Gasteiger partial charge < -0.3 is 4.57 Å². The van der Waals surface area contributed by atoms with Gasteiger partial charge in [0.25, 0.3) is 0 Å². The van der Waals surface area contributed by atoms with Crippen molar-refractivity contribution in [1.29, 1.82) is 5.26 Å². The van der Waals surface area contributed by atoms with E-state index in [0.29, 0.717) is 17.2 Å². The Hall–Kier alpha value is -8.79. The van der Waals surface area contributed by atoms with Crippen LogP contribution in [-0.2, 0) is 0 Å². The van der Waals surface area contributed by atoms with Crippen LogP contribution in [0.3, 0.4) is 0 Å². The van der Waals surface area contributed by atoms with E-state index in [0.717, 1.165) is 94.8 Å². The van der Waals surface area contributed by atoms with Gasteiger partial charge in [0.2, 0.25) is 0 Å². The highest BCUT2D eigenvalue weighted by molar-refractivity contribution is 6.11. The molecule has 0 atom stereocenters. The van der Waals surface area contributed by atoms with Crippen LogP contribution in [0.25, 0.3) is 106 Å². The van der Waals surface area contributed by atoms with Gasteiger partial charge in [0.05, 0.1) is 51.1 Å². The summed E-state index contributed by atoms with van der Waals surface area (Å²) in [6, 6.07) is 76.6. The summed E-state index contributed by atoms with van der Waals surface area (Å²) in [6.45, 7) is 0. The van der Waals surface area contributed by atoms with E-state index in [9.17, 15) is 5.26 Å². The largest absolute Gasteiger partial charge is 0.308 e. The molecule has 0 spiro atoms. The predicted molar refractivity (Wildman–Crippen MR) is 255 cm³/mol. The summed E-state index contributed by atoms with van der Waals surface area (Å²) in [7, 11) is 0. The van der Waals surface area contributed by atoms with Gasteiger partial charge in [0, 0.05) is 44.2 Å². The second kappa shape index (κ2) is 16.0. The molecule has 3 aromatic heterocycles. The molecule has 0 aliphatic heterocycles. The number of nitrogens with zero attached hydrogens (tertiary/aromatic N) is 6. The first-order valence-electron chi connectivity index (χ1n) is 20.9. The molecule has 0 N–H and O–H groups in total. The van der Waals surface area contributed by atoms with Gasteiger partial charge >= 0.3 is 0 Å². The lowest BCUT2D eigenvalue weighted by Crippen LogP contribution is -2.03. The van der Waals surface area contributed by atoms with Crippen molar-refractivity contribution in [3.05, 3.63) is 224 Å². The molecule has 11 aromatic rings. The SMILES string of the molecule is N#Cc1ccccc1-c1ccc2c3ccccc3n(-c3ccc(-c4nc(-c5ccccc5)cc(-c5ccccc5)n4)cc3-c3nc(-c4ccccc4)cc(-c4ccccc4)n3)c2c1. The van der Waals surface area contributed by atoms with E-state index in [1.807, 2.05) is 97.1 Å². The fraction of sp³-hybridized carbons (Fsp3) is 0. The van der Waals surface area contributed by atoms with Crippen molar-refractivity contribution in [2.75, 3.05) is 0 Å². The van der Waals surface area contributed by atoms with E-state index in [1.54, 1.807) is 0 Å². The van der Waals surface area contributed by atoms with Gasteiger partial charge in [-0.25, -0.2) is 19.9 Å². The van der Waals surface area contributed by atoms with Gasteiger partial charge in [-0.2, -0.15) is 5.26 Å². The molecule has 0 aliphatic rings. The van der Waals surface area contributed by atoms with Gasteiger partial charge in [-0.15, -0.1) is 0 Å². The summed E-state index contributed by atoms with van der Waals surface area (Å²) in [5.74, 6) is 1.15. The van der Waals surface area contributed by atoms with Crippen LogP contribution in [0.2, 0.25) is 0 Å². The molecular weight excluding hydrogens is 769 g/mol. The number of aromatic nitrogens is 5. The minimum Gasteiger partial charge on any atom is -0.308 e. The van der Waals surface area contributed by atoms with Crippen LogP contribution in [0, 0.1) is 11.3 Å². The lowest BCUT2D eigenvalue weighted by molar-refractivity contribution is 1.13. The van der Waals surface area contributed by atoms with Gasteiger partial charge in [-0.1, -0.05) is 170 Å². The maximum Gasteiger partial charge on any atom is 0.162 e. The Morgan fingerprint density at radius 3 is 1.35 bits per heavy atom. The Morgan fingerprint density at radius 1 is 0.333 bits per heavy atom. The standard InChI is InChI=1S/C57H36N6/c58-37-44-25-13-14-26-45(44)42-29-31-47-46-27-15-16-28-53(46)63(55(47)34-42)54-32-30-43(56-59-49(38-17-5-1-6-18-38)35-50(60-56)39-19-7-2-8-20-39)33-48(54)57-61-51(40-21-9-3-10-22-40)36-52(62-57)41-23-11-4-12-24-41/h1-36H. The van der Waals surface area contributed by atoms with Crippen LogP contribution in [0.4, 0.5) is 0 Å². The molecule has 0 bridgehead atoms. The molecule has 0 saturated carbocycles. The topological polar surface area (TPSA) is 80.3 Å². The van der Waals surface area contributed by atoms with Gasteiger partial charge in [0.15, 0.2) is 11.6 Å². The van der Waals surface area contributed by atoms with Crippen molar-refractivity contribution in [3.8, 4) is 90.7 Å². The second-order valence-electron chi connectivity index (χ2n) is 15.4. The van der Waals surface area contributed by atoms with E-state index in [2.05, 4.69) is 132 Å². The molecule has 6 heteroatoms. The minimum absolute atomic E-state index is 0.562. The summed E-state index contributed by atoms with van der Waals surface area (Å²) in [5, 5.41) is 12.3. The molecule has 0 fully saturated rings. The number of hydrogen-bond donors (Lipinski definition) is 0. The van der Waals surface area contributed by atoms with E-state index in [1.165, 1.54) is 0 Å². The van der Waals surface area contributed by atoms with Gasteiger partial charge in [-0.3, -0.25) is 0 Å². The molecule has 294 valence electrons. The van der Waals surface area contributed by atoms with Crippen molar-refractivity contribution < 1.29 is 0 Å². The van der Waals surface area contributed by atoms with Crippen LogP contribution >= 0.6 is 0 Å². The molecule has 8 aromatic carbocycles. The normalized spacial score (nSPS) is 11.2. The number of nitriles is 1. The quantitative estimate of drug-likeness (QED) is 0.153. The third-order valence-corrected chi connectivity index (χ3v) is 11.5. The fourth-order valence-electron chi connectivity index (χ4n) is 8.45. The highest BCUT2D eigenvalue weighted by Crippen LogP contribution is 2.40. The molecule has 0 unspecified atom stereocenters. The maximum atomic E-state index is 10.1. The minimum atomic E-state index is 0.562. The molecule has 0 aliphatic carbocycles. The zero-order valence-corrected chi connectivity index (χ0v) is 34.0. The summed E-state index contributed by atoms with van der Waals surface area (Å²) in [5.41, 5.74) is 14.2. The summed E-state index contributed by atoms with van der Waals surface area (Å²) >= 11 is 0. The van der Waals surface area contributed by atoms with Gasteiger partial charge in [-0.05, 0) is 59.7 Å². The average Bonchev–Trinajstić information content (AvgIpc) is 3.70. The lowest BCUT2D eigenvalue weighted by atomic mass is 9.99. The Morgan fingerprint density at radius 2 is 0.794 bits per heavy atom. The van der Waals surface area contributed by atoms with Gasteiger partial charge in [0.1, 0.15) is 0 Å². The highest BCUT2D eigenvalue weighted by atomic mass is 15.0. The summed E-state index contributed by atoms with van der Waals surface area (Å²) < 4.78 is 2.31. The molecule has 11 rings (SSSR count). The lowest BCUT2D eigenvalue weighted by Gasteiger charge is -2.17. The van der Waals surface area contributed by atoms with E-state index < -0.39 is 0 Å². The Labute approximate surface area is 364 Å². The third kappa shape index (κ3) is 7.00. The van der Waals surface area contributed by atoms with Crippen LogP contribution in [0.15, 0.2) is 218 Å². The Kier molecular flexibility index (Phi) is 9.45. The fourth-order valence-corrected chi connectivity index (χ4v) is 8.45. The third-order valence-electron chi connectivity index (χ3n) is 11.5. The highest BCUT2D eigenvalue weighted by Gasteiger charge is 2.22. The smallest absolute Gasteiger partial charge is 0.162 e. The number of rotatable bonds is 8. The maximum absolute atomic E-state index is 10.1. The van der Waals surface area contributed by atoms with Crippen molar-refractivity contribution in [2.24, 2.45) is 0 Å². The monoisotopic (exact) mass is 804 g/mol. The summed E-state index contributed by atoms with van der Waals surface area (Å²) in [6.07, 6.45) is 0. The average molecular weight is 805 g/mol. The Bertz CT molecular complexity index is 3390. The van der Waals surface area contributed by atoms with Crippen LogP contribution < -0.4 is 0 Å². The van der Waals surface area contributed by atoms with Crippen LogP contribution in [-0.4, -0.2) is 24.5 Å². The number of hydrogen-bond acceptors (Lipinski definition) is 5. The first kappa shape index (κ1) is 37.2. The molecule has 63 heavy (non-hydrogen) atoms. The number of fused-ring (bicyclic) bond motifs is 3. The second-order valence-corrected chi connectivity index (χ2v) is 15.4. The van der Waals surface area contributed by atoms with Crippen molar-refractivity contribution >= 4 is 21.8 Å². The predicted octanol–water partition coefficient (Wildman–Crippen LogP) is 13.9. The van der Waals surface area contributed by atoms with Crippen molar-refractivity contribution in [2.45, 2.75) is 0 Å². The zero-order valence-electron chi connectivity index (χ0n) is 34.0. The van der Waals surface area contributed by atoms with E-state index >= 15 is 0 Å². The number of para-hydroxylation sites is 1. The van der Waals surface area contributed by atoms with E-state index in [-0.39, 0.29) is 0 Å². The van der Waals surface area contributed by atoms with Crippen molar-refractivity contribution in [3.63, 3.8) is 0 Å². The zero-order chi connectivity index (χ0) is 42.1. The molecule has 0 saturated heterocycles.